The molecule has 10 heteroatoms. The molecule has 1 aromatic carbocycles. The van der Waals surface area contributed by atoms with Gasteiger partial charge in [0.25, 0.3) is 5.56 Å². The van der Waals surface area contributed by atoms with Crippen molar-refractivity contribution in [1.82, 2.24) is 9.97 Å². The molecule has 2 atom stereocenters. The Kier molecular flexibility index (Phi) is 8.21. The molecule has 4 rings (SSSR count). The molecule has 0 bridgehead atoms. The van der Waals surface area contributed by atoms with Gasteiger partial charge in [-0.1, -0.05) is 24.3 Å². The van der Waals surface area contributed by atoms with Crippen LogP contribution >= 0.6 is 11.3 Å². The van der Waals surface area contributed by atoms with E-state index in [0.717, 1.165) is 5.56 Å². The lowest BCUT2D eigenvalue weighted by Crippen LogP contribution is -2.36. The molecule has 3 aromatic rings. The molecule has 0 spiro atoms. The van der Waals surface area contributed by atoms with E-state index in [9.17, 15) is 19.6 Å². The fourth-order valence-corrected chi connectivity index (χ4v) is 5.71. The number of benzene rings is 1. The maximum atomic E-state index is 13.2. The lowest BCUT2D eigenvalue weighted by atomic mass is 9.74. The van der Waals surface area contributed by atoms with Crippen LogP contribution in [0.5, 0.6) is 0 Å². The van der Waals surface area contributed by atoms with Crippen LogP contribution in [0.15, 0.2) is 56.8 Å². The third-order valence-electron chi connectivity index (χ3n) is 6.53. The van der Waals surface area contributed by atoms with Gasteiger partial charge < -0.3 is 14.5 Å². The molecule has 1 aliphatic heterocycles. The number of nitrogens with one attached hydrogen (secondary N) is 1. The van der Waals surface area contributed by atoms with E-state index in [1.165, 1.54) is 17.4 Å². The maximum absolute atomic E-state index is 13.2. The van der Waals surface area contributed by atoms with E-state index in [4.69, 9.17) is 14.5 Å². The van der Waals surface area contributed by atoms with Crippen LogP contribution in [0.1, 0.15) is 50.4 Å². The fourth-order valence-electron chi connectivity index (χ4n) is 4.84. The minimum absolute atomic E-state index is 0.000475. The number of nitrogens with zero attached hydrogens (tertiary/aromatic N) is 3. The van der Waals surface area contributed by atoms with Gasteiger partial charge in [0.15, 0.2) is 0 Å². The van der Waals surface area contributed by atoms with Crippen molar-refractivity contribution in [3.63, 3.8) is 0 Å². The van der Waals surface area contributed by atoms with Crippen molar-refractivity contribution < 1.29 is 19.1 Å². The van der Waals surface area contributed by atoms with Crippen LogP contribution in [-0.2, 0) is 19.1 Å². The number of pyridine rings is 1. The number of carbonyl (C=O) groups is 2. The Balaban J connectivity index is 1.89. The fraction of sp³-hybridized carbons (Fsp3) is 0.310. The highest BCUT2D eigenvalue weighted by atomic mass is 32.1. The number of rotatable bonds is 7. The molecule has 9 nitrogen and oxygen atoms in total. The molecule has 0 amide bonds. The normalized spacial score (nSPS) is 16.9. The van der Waals surface area contributed by atoms with Crippen molar-refractivity contribution in [2.24, 2.45) is 10.9 Å². The van der Waals surface area contributed by atoms with Crippen LogP contribution in [-0.4, -0.2) is 40.8 Å². The average Bonchev–Trinajstić information content (AvgIpc) is 3.38. The van der Waals surface area contributed by atoms with Crippen molar-refractivity contribution in [2.75, 3.05) is 13.2 Å². The minimum Gasteiger partial charge on any atom is -0.465 e. The predicted octanol–water partition coefficient (Wildman–Crippen LogP) is 4.92. The summed E-state index contributed by atoms with van der Waals surface area (Å²) in [6.45, 7) is 9.07. The molecule has 0 radical (unpaired) electrons. The van der Waals surface area contributed by atoms with Gasteiger partial charge in [-0.3, -0.25) is 14.6 Å². The Hall–Kier alpha value is -4.36. The van der Waals surface area contributed by atoms with E-state index in [-0.39, 0.29) is 18.8 Å². The topological polar surface area (TPSA) is 134 Å². The van der Waals surface area contributed by atoms with Crippen LogP contribution in [0.2, 0.25) is 0 Å². The molecule has 0 aliphatic carbocycles. The molecule has 200 valence electrons. The highest BCUT2D eigenvalue weighted by Crippen LogP contribution is 2.44. The highest BCUT2D eigenvalue weighted by Gasteiger charge is 2.43. The molecule has 1 aliphatic rings. The number of H-pyrrole nitrogens is 1. The number of aliphatic imine (C=N–C) groups is 1. The molecule has 2 unspecified atom stereocenters. The van der Waals surface area contributed by atoms with Crippen LogP contribution in [0.3, 0.4) is 0 Å². The summed E-state index contributed by atoms with van der Waals surface area (Å²) in [6, 6.07) is 10.9. The molecule has 0 saturated heterocycles. The first-order valence-electron chi connectivity index (χ1n) is 12.5. The first-order valence-corrected chi connectivity index (χ1v) is 13.4. The lowest BCUT2D eigenvalue weighted by molar-refractivity contribution is -0.146. The van der Waals surface area contributed by atoms with E-state index < -0.39 is 29.3 Å². The zero-order valence-corrected chi connectivity index (χ0v) is 23.1. The van der Waals surface area contributed by atoms with Gasteiger partial charge in [-0.05, 0) is 46.2 Å². The number of aromatic amines is 1. The average molecular weight is 545 g/mol. The van der Waals surface area contributed by atoms with Gasteiger partial charge in [0.2, 0.25) is 0 Å². The first kappa shape index (κ1) is 27.7. The zero-order valence-electron chi connectivity index (χ0n) is 22.3. The second-order valence-corrected chi connectivity index (χ2v) is 9.83. The third kappa shape index (κ3) is 5.31. The van der Waals surface area contributed by atoms with Gasteiger partial charge in [-0.2, -0.15) is 5.26 Å². The van der Waals surface area contributed by atoms with Crippen molar-refractivity contribution in [2.45, 2.75) is 40.5 Å². The number of thiazole rings is 1. The standard InChI is InChI=1S/C29H28N4O5S/c1-6-37-28(35)23-16(4)31-17(5)24(29(36)38-7-2)25(23)19-10-8-9-11-20(19)27-33-22(14-39-27)21-12-18(13-30)26(34)32-15(21)3/h8-12,14,23,25H,6-7H2,1-5H3,(H,32,34). The Labute approximate surface area is 229 Å². The SMILES string of the molecule is CCOC(=O)C1=C(C)N=C(C)C(C(=O)OCC)C1c1ccccc1-c1nc(-c2cc(C#N)c(=O)[nH]c2C)cs1. The number of nitriles is 1. The summed E-state index contributed by atoms with van der Waals surface area (Å²) in [5, 5.41) is 11.8. The van der Waals surface area contributed by atoms with E-state index in [1.54, 1.807) is 34.6 Å². The third-order valence-corrected chi connectivity index (χ3v) is 7.40. The first-order chi connectivity index (χ1) is 18.7. The number of allylic oxidation sites excluding steroid dienone is 1. The summed E-state index contributed by atoms with van der Waals surface area (Å²) in [5.41, 5.74) is 4.16. The highest BCUT2D eigenvalue weighted by molar-refractivity contribution is 7.13. The Morgan fingerprint density at radius 1 is 1.10 bits per heavy atom. The minimum atomic E-state index is -0.826. The number of hydrogen-bond donors (Lipinski definition) is 1. The molecule has 1 N–H and O–H groups in total. The van der Waals surface area contributed by atoms with Crippen LogP contribution in [0, 0.1) is 24.2 Å². The second kappa shape index (κ2) is 11.6. The molecule has 2 aromatic heterocycles. The van der Waals surface area contributed by atoms with Crippen molar-refractivity contribution in [3.8, 4) is 27.9 Å². The summed E-state index contributed by atoms with van der Waals surface area (Å²) in [4.78, 5) is 50.6. The van der Waals surface area contributed by atoms with Gasteiger partial charge in [0.05, 0.1) is 24.5 Å². The molecule has 3 heterocycles. The number of aryl methyl sites for hydroxylation is 1. The largest absolute Gasteiger partial charge is 0.465 e. The Morgan fingerprint density at radius 2 is 1.82 bits per heavy atom. The zero-order chi connectivity index (χ0) is 28.3. The monoisotopic (exact) mass is 544 g/mol. The number of hydrogen-bond acceptors (Lipinski definition) is 9. The van der Waals surface area contributed by atoms with Crippen molar-refractivity contribution in [1.29, 1.82) is 5.26 Å². The van der Waals surface area contributed by atoms with Crippen molar-refractivity contribution in [3.05, 3.63) is 74.2 Å². The molecule has 0 fully saturated rings. The Morgan fingerprint density at radius 3 is 2.51 bits per heavy atom. The van der Waals surface area contributed by atoms with Gasteiger partial charge in [-0.25, -0.2) is 9.78 Å². The van der Waals surface area contributed by atoms with E-state index in [0.29, 0.717) is 44.5 Å². The van der Waals surface area contributed by atoms with E-state index in [2.05, 4.69) is 9.98 Å². The van der Waals surface area contributed by atoms with Crippen molar-refractivity contribution >= 4 is 29.0 Å². The number of carbonyl (C=O) groups excluding carboxylic acids is 2. The molecule has 0 saturated carbocycles. The quantitative estimate of drug-likeness (QED) is 0.417. The molecular formula is C29H28N4O5S. The smallest absolute Gasteiger partial charge is 0.336 e. The number of aromatic nitrogens is 2. The number of esters is 2. The second-order valence-electron chi connectivity index (χ2n) is 8.97. The van der Waals surface area contributed by atoms with Gasteiger partial charge in [0, 0.05) is 39.5 Å². The molecular weight excluding hydrogens is 516 g/mol. The lowest BCUT2D eigenvalue weighted by Gasteiger charge is -2.32. The van der Waals surface area contributed by atoms with E-state index >= 15 is 0 Å². The van der Waals surface area contributed by atoms with Gasteiger partial charge in [-0.15, -0.1) is 11.3 Å². The van der Waals surface area contributed by atoms with Crippen LogP contribution < -0.4 is 5.56 Å². The van der Waals surface area contributed by atoms with E-state index in [1.807, 2.05) is 35.7 Å². The summed E-state index contributed by atoms with van der Waals surface area (Å²) in [7, 11) is 0. The van der Waals surface area contributed by atoms with Gasteiger partial charge >= 0.3 is 11.9 Å². The van der Waals surface area contributed by atoms with Gasteiger partial charge in [0.1, 0.15) is 22.6 Å². The molecule has 39 heavy (non-hydrogen) atoms. The number of ether oxygens (including phenoxy) is 2. The van der Waals surface area contributed by atoms with Crippen LogP contribution in [0.4, 0.5) is 0 Å². The predicted molar refractivity (Wildman–Crippen MR) is 148 cm³/mol. The maximum Gasteiger partial charge on any atom is 0.336 e. The van der Waals surface area contributed by atoms with Crippen LogP contribution in [0.25, 0.3) is 21.8 Å². The summed E-state index contributed by atoms with van der Waals surface area (Å²) >= 11 is 1.38. The summed E-state index contributed by atoms with van der Waals surface area (Å²) in [6.07, 6.45) is 0. The summed E-state index contributed by atoms with van der Waals surface area (Å²) < 4.78 is 10.8. The Bertz CT molecular complexity index is 1610. The summed E-state index contributed by atoms with van der Waals surface area (Å²) in [5.74, 6) is -2.54.